The van der Waals surface area contributed by atoms with Crippen LogP contribution in [0.3, 0.4) is 0 Å². The van der Waals surface area contributed by atoms with Crippen molar-refractivity contribution in [3.63, 3.8) is 0 Å². The van der Waals surface area contributed by atoms with Gasteiger partial charge in [-0.1, -0.05) is 69.4 Å². The van der Waals surface area contributed by atoms with E-state index in [1.165, 1.54) is 19.3 Å². The maximum Gasteiger partial charge on any atom is 0.309 e. The molecule has 1 aromatic rings. The van der Waals surface area contributed by atoms with E-state index in [-0.39, 0.29) is 31.0 Å². The summed E-state index contributed by atoms with van der Waals surface area (Å²) in [7, 11) is 0. The van der Waals surface area contributed by atoms with Gasteiger partial charge in [-0.25, -0.2) is 0 Å². The topological polar surface area (TPSA) is 60.4 Å². The number of ketones is 2. The zero-order chi connectivity index (χ0) is 19.2. The summed E-state index contributed by atoms with van der Waals surface area (Å²) in [6.45, 7) is 4.16. The summed E-state index contributed by atoms with van der Waals surface area (Å²) >= 11 is 0. The van der Waals surface area contributed by atoms with Crippen LogP contribution in [0.1, 0.15) is 82.0 Å². The van der Waals surface area contributed by atoms with Crippen molar-refractivity contribution >= 4 is 17.5 Å². The Morgan fingerprint density at radius 2 is 1.54 bits per heavy atom. The molecule has 0 heterocycles. The first-order chi connectivity index (χ1) is 12.6. The van der Waals surface area contributed by atoms with Gasteiger partial charge in [0, 0.05) is 24.8 Å². The van der Waals surface area contributed by atoms with E-state index in [0.717, 1.165) is 19.3 Å². The van der Waals surface area contributed by atoms with Crippen molar-refractivity contribution in [1.29, 1.82) is 0 Å². The van der Waals surface area contributed by atoms with Crippen LogP contribution in [0.2, 0.25) is 0 Å². The number of carbonyl (C=O) groups excluding carboxylic acids is 3. The van der Waals surface area contributed by atoms with E-state index in [0.29, 0.717) is 12.0 Å². The third-order valence-corrected chi connectivity index (χ3v) is 4.43. The molecule has 144 valence electrons. The number of hydrogen-bond acceptors (Lipinski definition) is 4. The van der Waals surface area contributed by atoms with Crippen molar-refractivity contribution in [3.8, 4) is 0 Å². The molecule has 4 heteroatoms. The molecule has 4 nitrogen and oxygen atoms in total. The number of esters is 1. The summed E-state index contributed by atoms with van der Waals surface area (Å²) in [5.41, 5.74) is 0.560. The number of carbonyl (C=O) groups is 3. The molecule has 0 N–H and O–H groups in total. The number of Topliss-reactive ketones (excluding diaryl/α,β-unsaturated/α-hetero) is 2. The van der Waals surface area contributed by atoms with Gasteiger partial charge in [0.2, 0.25) is 0 Å². The first-order valence-corrected chi connectivity index (χ1v) is 9.85. The fourth-order valence-electron chi connectivity index (χ4n) is 2.94. The van der Waals surface area contributed by atoms with E-state index >= 15 is 0 Å². The Morgan fingerprint density at radius 1 is 0.885 bits per heavy atom. The van der Waals surface area contributed by atoms with Gasteiger partial charge in [-0.05, 0) is 13.3 Å². The van der Waals surface area contributed by atoms with Gasteiger partial charge in [-0.3, -0.25) is 14.4 Å². The second-order valence-electron chi connectivity index (χ2n) is 6.70. The molecule has 0 radical (unpaired) electrons. The van der Waals surface area contributed by atoms with Crippen LogP contribution in [0.25, 0.3) is 0 Å². The van der Waals surface area contributed by atoms with Gasteiger partial charge in [0.15, 0.2) is 5.78 Å². The van der Waals surface area contributed by atoms with Crippen molar-refractivity contribution in [2.45, 2.75) is 71.6 Å². The van der Waals surface area contributed by atoms with Crippen LogP contribution in [-0.4, -0.2) is 24.1 Å². The summed E-state index contributed by atoms with van der Waals surface area (Å²) in [6.07, 6.45) is 7.27. The molecule has 1 aromatic carbocycles. The molecule has 0 saturated carbocycles. The molecule has 1 unspecified atom stereocenters. The number of rotatable bonds is 14. The van der Waals surface area contributed by atoms with E-state index < -0.39 is 11.9 Å². The largest absolute Gasteiger partial charge is 0.466 e. The Kier molecular flexibility index (Phi) is 11.3. The minimum Gasteiger partial charge on any atom is -0.466 e. The van der Waals surface area contributed by atoms with Gasteiger partial charge in [0.05, 0.1) is 12.5 Å². The van der Waals surface area contributed by atoms with Crippen LogP contribution in [0.5, 0.6) is 0 Å². The van der Waals surface area contributed by atoms with Crippen molar-refractivity contribution < 1.29 is 19.1 Å². The zero-order valence-electron chi connectivity index (χ0n) is 16.2. The lowest BCUT2D eigenvalue weighted by molar-refractivity contribution is -0.149. The van der Waals surface area contributed by atoms with E-state index in [4.69, 9.17) is 4.74 Å². The normalized spacial score (nSPS) is 11.8. The van der Waals surface area contributed by atoms with Crippen LogP contribution in [-0.2, 0) is 14.3 Å². The first-order valence-electron chi connectivity index (χ1n) is 9.85. The SMILES string of the molecule is CCCCCCCCC(=O)CC(CC(=O)c1ccccc1)C(=O)OCC. The minimum atomic E-state index is -0.685. The second kappa shape index (κ2) is 13.3. The third kappa shape index (κ3) is 8.93. The van der Waals surface area contributed by atoms with Crippen LogP contribution in [0.15, 0.2) is 30.3 Å². The maximum atomic E-state index is 12.4. The zero-order valence-corrected chi connectivity index (χ0v) is 16.2. The lowest BCUT2D eigenvalue weighted by Gasteiger charge is -2.14. The highest BCUT2D eigenvalue weighted by Crippen LogP contribution is 2.18. The summed E-state index contributed by atoms with van der Waals surface area (Å²) in [5.74, 6) is -1.22. The highest BCUT2D eigenvalue weighted by atomic mass is 16.5. The molecule has 0 aliphatic carbocycles. The highest BCUT2D eigenvalue weighted by molar-refractivity contribution is 5.98. The van der Waals surface area contributed by atoms with Gasteiger partial charge in [0.25, 0.3) is 0 Å². The van der Waals surface area contributed by atoms with Crippen LogP contribution >= 0.6 is 0 Å². The Labute approximate surface area is 157 Å². The van der Waals surface area contributed by atoms with Gasteiger partial charge >= 0.3 is 5.97 Å². The quantitative estimate of drug-likeness (QED) is 0.261. The van der Waals surface area contributed by atoms with Crippen molar-refractivity contribution in [3.05, 3.63) is 35.9 Å². The fourth-order valence-corrected chi connectivity index (χ4v) is 2.94. The molecule has 0 aliphatic rings. The predicted molar refractivity (Wildman–Crippen MR) is 103 cm³/mol. The molecule has 0 amide bonds. The van der Waals surface area contributed by atoms with Crippen LogP contribution in [0.4, 0.5) is 0 Å². The van der Waals surface area contributed by atoms with Crippen molar-refractivity contribution in [1.82, 2.24) is 0 Å². The molecule has 26 heavy (non-hydrogen) atoms. The molecule has 0 aliphatic heterocycles. The first kappa shape index (κ1) is 22.1. The Balaban J connectivity index is 2.51. The summed E-state index contributed by atoms with van der Waals surface area (Å²) < 4.78 is 5.07. The Morgan fingerprint density at radius 3 is 2.19 bits per heavy atom. The minimum absolute atomic E-state index is 0.0189. The van der Waals surface area contributed by atoms with Gasteiger partial charge in [-0.2, -0.15) is 0 Å². The lowest BCUT2D eigenvalue weighted by atomic mass is 9.92. The van der Waals surface area contributed by atoms with Gasteiger partial charge in [0.1, 0.15) is 5.78 Å². The number of ether oxygens (including phenoxy) is 1. The Bertz CT molecular complexity index is 551. The van der Waals surface area contributed by atoms with Gasteiger partial charge < -0.3 is 4.74 Å². The van der Waals surface area contributed by atoms with E-state index in [2.05, 4.69) is 6.92 Å². The summed E-state index contributed by atoms with van der Waals surface area (Å²) in [6, 6.07) is 8.86. The maximum absolute atomic E-state index is 12.4. The molecule has 0 bridgehead atoms. The standard InChI is InChI=1S/C22H32O4/c1-3-5-6-7-8-12-15-20(23)16-19(22(25)26-4-2)17-21(24)18-13-10-9-11-14-18/h9-11,13-14,19H,3-8,12,15-17H2,1-2H3. The summed E-state index contributed by atoms with van der Waals surface area (Å²) in [4.78, 5) is 36.8. The molecule has 0 saturated heterocycles. The molecule has 0 fully saturated rings. The number of unbranched alkanes of at least 4 members (excludes halogenated alkanes) is 5. The molecule has 1 atom stereocenters. The monoisotopic (exact) mass is 360 g/mol. The highest BCUT2D eigenvalue weighted by Gasteiger charge is 2.26. The van der Waals surface area contributed by atoms with E-state index in [1.807, 2.05) is 6.07 Å². The van der Waals surface area contributed by atoms with E-state index in [9.17, 15) is 14.4 Å². The van der Waals surface area contributed by atoms with Crippen LogP contribution in [0, 0.1) is 5.92 Å². The molecular weight excluding hydrogens is 328 g/mol. The lowest BCUT2D eigenvalue weighted by Crippen LogP contribution is -2.24. The molecule has 0 aromatic heterocycles. The third-order valence-electron chi connectivity index (χ3n) is 4.43. The molecular formula is C22H32O4. The second-order valence-corrected chi connectivity index (χ2v) is 6.70. The predicted octanol–water partition coefficient (Wildman–Crippen LogP) is 5.15. The average molecular weight is 360 g/mol. The van der Waals surface area contributed by atoms with Crippen molar-refractivity contribution in [2.24, 2.45) is 5.92 Å². The van der Waals surface area contributed by atoms with Crippen molar-refractivity contribution in [2.75, 3.05) is 6.61 Å². The van der Waals surface area contributed by atoms with Crippen LogP contribution < -0.4 is 0 Å². The van der Waals surface area contributed by atoms with Gasteiger partial charge in [-0.15, -0.1) is 0 Å². The molecule has 1 rings (SSSR count). The number of hydrogen-bond donors (Lipinski definition) is 0. The smallest absolute Gasteiger partial charge is 0.309 e. The van der Waals surface area contributed by atoms with E-state index in [1.54, 1.807) is 31.2 Å². The fraction of sp³-hybridized carbons (Fsp3) is 0.591. The average Bonchev–Trinajstić information content (AvgIpc) is 2.65. The summed E-state index contributed by atoms with van der Waals surface area (Å²) in [5, 5.41) is 0. The number of benzene rings is 1. The molecule has 0 spiro atoms. The Hall–Kier alpha value is -1.97.